The predicted molar refractivity (Wildman–Crippen MR) is 116 cm³/mol. The smallest absolute Gasteiger partial charge is 0.410 e. The van der Waals surface area contributed by atoms with E-state index < -0.39 is 0 Å². The Kier molecular flexibility index (Phi) is 4.81. The lowest BCUT2D eigenvalue weighted by atomic mass is 9.82. The Morgan fingerprint density at radius 1 is 0.931 bits per heavy atom. The number of rotatable bonds is 3. The van der Waals surface area contributed by atoms with Crippen LogP contribution < -0.4 is 0 Å². The molecule has 2 heterocycles. The predicted octanol–water partition coefficient (Wildman–Crippen LogP) is 6.19. The third-order valence-electron chi connectivity index (χ3n) is 6.19. The van der Waals surface area contributed by atoms with E-state index in [0.29, 0.717) is 6.61 Å². The first-order valence-electron chi connectivity index (χ1n) is 10.5. The Morgan fingerprint density at radius 2 is 1.72 bits per heavy atom. The Balaban J connectivity index is 1.40. The summed E-state index contributed by atoms with van der Waals surface area (Å²) in [4.78, 5) is 14.9. The summed E-state index contributed by atoms with van der Waals surface area (Å²) in [6.45, 7) is 0.329. The van der Waals surface area contributed by atoms with Crippen LogP contribution in [0.25, 0.3) is 16.3 Å². The number of carbonyl (C=O) groups is 1. The highest BCUT2D eigenvalue weighted by molar-refractivity contribution is 5.94. The van der Waals surface area contributed by atoms with Crippen LogP contribution in [-0.4, -0.2) is 23.1 Å². The summed E-state index contributed by atoms with van der Waals surface area (Å²) in [6, 6.07) is 25.3. The molecule has 2 aliphatic rings. The molecule has 3 nitrogen and oxygen atoms in total. The molecule has 0 spiro atoms. The topological polar surface area (TPSA) is 29.5 Å². The van der Waals surface area contributed by atoms with Crippen LogP contribution >= 0.6 is 0 Å². The van der Waals surface area contributed by atoms with Crippen molar-refractivity contribution in [1.82, 2.24) is 4.90 Å². The van der Waals surface area contributed by atoms with E-state index in [9.17, 15) is 4.79 Å². The van der Waals surface area contributed by atoms with Crippen LogP contribution in [0.5, 0.6) is 0 Å². The van der Waals surface area contributed by atoms with Crippen molar-refractivity contribution in [2.75, 3.05) is 0 Å². The van der Waals surface area contributed by atoms with Crippen molar-refractivity contribution < 1.29 is 9.53 Å². The maximum absolute atomic E-state index is 12.9. The van der Waals surface area contributed by atoms with Crippen LogP contribution in [0.2, 0.25) is 0 Å². The molecule has 2 atom stereocenters. The highest BCUT2D eigenvalue weighted by Gasteiger charge is 2.38. The van der Waals surface area contributed by atoms with Gasteiger partial charge in [0, 0.05) is 6.04 Å². The van der Waals surface area contributed by atoms with E-state index >= 15 is 0 Å². The molecule has 3 heteroatoms. The van der Waals surface area contributed by atoms with Gasteiger partial charge < -0.3 is 4.74 Å². The summed E-state index contributed by atoms with van der Waals surface area (Å²) in [5.74, 6) is 0. The van der Waals surface area contributed by atoms with Crippen molar-refractivity contribution in [1.29, 1.82) is 0 Å². The standard InChI is InChI=1S/C26H25NO2/c28-26(29-18-19-8-2-1-3-9-19)27-22-12-7-13-23(27)17-21(16-22)25-15-6-11-20-10-4-5-14-24(20)25/h1-6,8-11,14-16,22-23H,7,12-13,17-18H2. The van der Waals surface area contributed by atoms with Crippen LogP contribution in [0.3, 0.4) is 0 Å². The summed E-state index contributed by atoms with van der Waals surface area (Å²) < 4.78 is 5.67. The van der Waals surface area contributed by atoms with Gasteiger partial charge in [-0.15, -0.1) is 0 Å². The average molecular weight is 383 g/mol. The van der Waals surface area contributed by atoms with E-state index in [1.54, 1.807) is 0 Å². The zero-order chi connectivity index (χ0) is 19.6. The maximum atomic E-state index is 12.9. The largest absolute Gasteiger partial charge is 0.445 e. The minimum atomic E-state index is -0.184. The van der Waals surface area contributed by atoms with Gasteiger partial charge in [0.15, 0.2) is 0 Å². The summed E-state index contributed by atoms with van der Waals surface area (Å²) in [7, 11) is 0. The SMILES string of the molecule is O=C(OCc1ccccc1)N1C2C=C(c3cccc4ccccc34)CC1CCC2. The maximum Gasteiger partial charge on any atom is 0.410 e. The number of nitrogens with zero attached hydrogens (tertiary/aromatic N) is 1. The second-order valence-electron chi connectivity index (χ2n) is 8.02. The van der Waals surface area contributed by atoms with E-state index in [1.807, 2.05) is 35.2 Å². The molecule has 0 radical (unpaired) electrons. The van der Waals surface area contributed by atoms with Crippen LogP contribution in [0.1, 0.15) is 36.8 Å². The Labute approximate surface area is 171 Å². The molecule has 29 heavy (non-hydrogen) atoms. The molecule has 0 N–H and O–H groups in total. The molecule has 146 valence electrons. The van der Waals surface area contributed by atoms with Gasteiger partial charge in [0.05, 0.1) is 6.04 Å². The van der Waals surface area contributed by atoms with E-state index in [0.717, 1.165) is 31.2 Å². The first kappa shape index (κ1) is 18.0. The fourth-order valence-corrected chi connectivity index (χ4v) is 4.81. The first-order valence-corrected chi connectivity index (χ1v) is 10.5. The molecule has 2 aliphatic heterocycles. The molecule has 2 bridgehead atoms. The van der Waals surface area contributed by atoms with Gasteiger partial charge in [0.25, 0.3) is 0 Å². The normalized spacial score (nSPS) is 21.0. The monoisotopic (exact) mass is 383 g/mol. The van der Waals surface area contributed by atoms with Crippen LogP contribution in [0.15, 0.2) is 78.9 Å². The van der Waals surface area contributed by atoms with Crippen molar-refractivity contribution in [3.8, 4) is 0 Å². The quantitative estimate of drug-likeness (QED) is 0.540. The second-order valence-corrected chi connectivity index (χ2v) is 8.02. The number of piperidine rings is 1. The van der Waals surface area contributed by atoms with Gasteiger partial charge in [0.2, 0.25) is 0 Å². The van der Waals surface area contributed by atoms with Crippen molar-refractivity contribution in [2.45, 2.75) is 44.4 Å². The number of fused-ring (bicyclic) bond motifs is 3. The Morgan fingerprint density at radius 3 is 2.59 bits per heavy atom. The van der Waals surface area contributed by atoms with E-state index in [2.05, 4.69) is 48.5 Å². The number of carbonyl (C=O) groups excluding carboxylic acids is 1. The summed E-state index contributed by atoms with van der Waals surface area (Å²) in [6.07, 6.45) is 6.23. The molecular formula is C26H25NO2. The zero-order valence-electron chi connectivity index (χ0n) is 16.5. The molecule has 1 amide bonds. The molecular weight excluding hydrogens is 358 g/mol. The number of hydrogen-bond acceptors (Lipinski definition) is 2. The van der Waals surface area contributed by atoms with Crippen LogP contribution in [0.4, 0.5) is 4.79 Å². The lowest BCUT2D eigenvalue weighted by molar-refractivity contribution is 0.0510. The first-order chi connectivity index (χ1) is 14.3. The van der Waals surface area contributed by atoms with Gasteiger partial charge in [-0.3, -0.25) is 4.90 Å². The van der Waals surface area contributed by atoms with Gasteiger partial charge >= 0.3 is 6.09 Å². The third kappa shape index (κ3) is 3.53. The molecule has 0 aromatic heterocycles. The second kappa shape index (κ2) is 7.75. The molecule has 3 aromatic carbocycles. The van der Waals surface area contributed by atoms with Gasteiger partial charge in [-0.05, 0) is 53.2 Å². The summed E-state index contributed by atoms with van der Waals surface area (Å²) >= 11 is 0. The Hall–Kier alpha value is -3.07. The highest BCUT2D eigenvalue weighted by atomic mass is 16.6. The van der Waals surface area contributed by atoms with Crippen molar-refractivity contribution in [2.24, 2.45) is 0 Å². The van der Waals surface area contributed by atoms with Gasteiger partial charge in [-0.1, -0.05) is 78.9 Å². The fourth-order valence-electron chi connectivity index (χ4n) is 4.81. The molecule has 3 aromatic rings. The molecule has 0 saturated carbocycles. The number of hydrogen-bond donors (Lipinski definition) is 0. The van der Waals surface area contributed by atoms with Gasteiger partial charge in [-0.2, -0.15) is 0 Å². The van der Waals surface area contributed by atoms with Gasteiger partial charge in [-0.25, -0.2) is 4.79 Å². The van der Waals surface area contributed by atoms with E-state index in [4.69, 9.17) is 4.74 Å². The van der Waals surface area contributed by atoms with Crippen molar-refractivity contribution in [3.63, 3.8) is 0 Å². The number of benzene rings is 3. The summed E-state index contributed by atoms with van der Waals surface area (Å²) in [5, 5.41) is 2.56. The fraction of sp³-hybridized carbons (Fsp3) is 0.269. The molecule has 2 unspecified atom stereocenters. The van der Waals surface area contributed by atoms with Crippen molar-refractivity contribution in [3.05, 3.63) is 90.0 Å². The van der Waals surface area contributed by atoms with Gasteiger partial charge in [0.1, 0.15) is 6.61 Å². The number of ether oxygens (including phenoxy) is 1. The minimum absolute atomic E-state index is 0.125. The van der Waals surface area contributed by atoms with E-state index in [1.165, 1.54) is 21.9 Å². The lowest BCUT2D eigenvalue weighted by Gasteiger charge is -2.44. The van der Waals surface area contributed by atoms with Crippen molar-refractivity contribution >= 4 is 22.4 Å². The zero-order valence-corrected chi connectivity index (χ0v) is 16.5. The van der Waals surface area contributed by atoms with E-state index in [-0.39, 0.29) is 18.2 Å². The minimum Gasteiger partial charge on any atom is -0.445 e. The molecule has 5 rings (SSSR count). The highest BCUT2D eigenvalue weighted by Crippen LogP contribution is 2.39. The number of amides is 1. The van der Waals surface area contributed by atoms with Crippen LogP contribution in [0, 0.1) is 0 Å². The molecule has 0 aliphatic carbocycles. The molecule has 1 saturated heterocycles. The Bertz CT molecular complexity index is 1050. The van der Waals surface area contributed by atoms with Crippen LogP contribution in [-0.2, 0) is 11.3 Å². The average Bonchev–Trinajstić information content (AvgIpc) is 2.77. The molecule has 1 fully saturated rings. The lowest BCUT2D eigenvalue weighted by Crippen LogP contribution is -2.51. The summed E-state index contributed by atoms with van der Waals surface area (Å²) in [5.41, 5.74) is 3.69. The third-order valence-corrected chi connectivity index (χ3v) is 6.19.